The Bertz CT molecular complexity index is 1100. The number of thioether (sulfide) groups is 1. The summed E-state index contributed by atoms with van der Waals surface area (Å²) in [7, 11) is 1.58. The van der Waals surface area contributed by atoms with Gasteiger partial charge >= 0.3 is 0 Å². The van der Waals surface area contributed by atoms with Crippen molar-refractivity contribution in [2.75, 3.05) is 18.2 Å². The van der Waals surface area contributed by atoms with Gasteiger partial charge in [0, 0.05) is 24.4 Å². The Kier molecular flexibility index (Phi) is 7.66. The van der Waals surface area contributed by atoms with E-state index in [1.807, 2.05) is 42.7 Å². The SMILES string of the molecule is CCn1c(SCC(=O)Nc2cccc([N+](=O)[O-])c2)nnc1C(C)Oc1ccccc1OC. The van der Waals surface area contributed by atoms with Gasteiger partial charge in [-0.15, -0.1) is 10.2 Å². The van der Waals surface area contributed by atoms with Crippen molar-refractivity contribution in [3.05, 3.63) is 64.5 Å². The summed E-state index contributed by atoms with van der Waals surface area (Å²) in [5, 5.41) is 22.6. The predicted octanol–water partition coefficient (Wildman–Crippen LogP) is 4.09. The third kappa shape index (κ3) is 5.55. The molecule has 0 spiro atoms. The molecule has 0 aliphatic rings. The summed E-state index contributed by atoms with van der Waals surface area (Å²) in [6.07, 6.45) is -0.396. The van der Waals surface area contributed by atoms with Crippen LogP contribution in [0.25, 0.3) is 0 Å². The number of ether oxygens (including phenoxy) is 2. The first-order valence-electron chi connectivity index (χ1n) is 9.82. The van der Waals surface area contributed by atoms with Gasteiger partial charge < -0.3 is 19.4 Å². The fourth-order valence-corrected chi connectivity index (χ4v) is 3.80. The molecule has 0 saturated heterocycles. The first-order chi connectivity index (χ1) is 15.4. The van der Waals surface area contributed by atoms with Crippen molar-refractivity contribution in [2.24, 2.45) is 0 Å². The highest BCUT2D eigenvalue weighted by molar-refractivity contribution is 7.99. The zero-order valence-corrected chi connectivity index (χ0v) is 18.7. The van der Waals surface area contributed by atoms with Crippen LogP contribution in [0.5, 0.6) is 11.5 Å². The number of nitro benzene ring substituents is 1. The third-order valence-electron chi connectivity index (χ3n) is 4.47. The van der Waals surface area contributed by atoms with Crippen LogP contribution in [0.1, 0.15) is 25.8 Å². The molecule has 0 fully saturated rings. The molecule has 168 valence electrons. The molecule has 1 amide bonds. The van der Waals surface area contributed by atoms with Crippen molar-refractivity contribution >= 4 is 29.0 Å². The second-order valence-electron chi connectivity index (χ2n) is 6.64. The van der Waals surface area contributed by atoms with Crippen molar-refractivity contribution < 1.29 is 19.2 Å². The van der Waals surface area contributed by atoms with Crippen molar-refractivity contribution in [1.29, 1.82) is 0 Å². The number of carbonyl (C=O) groups is 1. The second kappa shape index (κ2) is 10.6. The van der Waals surface area contributed by atoms with Crippen molar-refractivity contribution in [1.82, 2.24) is 14.8 Å². The largest absolute Gasteiger partial charge is 0.493 e. The number of para-hydroxylation sites is 2. The summed E-state index contributed by atoms with van der Waals surface area (Å²) in [5.74, 6) is 1.61. The molecule has 2 aromatic carbocycles. The third-order valence-corrected chi connectivity index (χ3v) is 5.44. The Morgan fingerprint density at radius 2 is 1.97 bits per heavy atom. The predicted molar refractivity (Wildman–Crippen MR) is 120 cm³/mol. The summed E-state index contributed by atoms with van der Waals surface area (Å²) in [4.78, 5) is 22.7. The van der Waals surface area contributed by atoms with Gasteiger partial charge in [-0.05, 0) is 32.0 Å². The Balaban J connectivity index is 1.65. The lowest BCUT2D eigenvalue weighted by molar-refractivity contribution is -0.384. The molecule has 0 bridgehead atoms. The normalized spacial score (nSPS) is 11.6. The quantitative estimate of drug-likeness (QED) is 0.274. The Hall–Kier alpha value is -3.60. The second-order valence-corrected chi connectivity index (χ2v) is 7.58. The zero-order chi connectivity index (χ0) is 23.1. The van der Waals surface area contributed by atoms with Gasteiger partial charge in [-0.1, -0.05) is 30.0 Å². The van der Waals surface area contributed by atoms with Crippen LogP contribution in [0, 0.1) is 10.1 Å². The van der Waals surface area contributed by atoms with Crippen LogP contribution >= 0.6 is 11.8 Å². The van der Waals surface area contributed by atoms with E-state index in [0.717, 1.165) is 0 Å². The Morgan fingerprint density at radius 3 is 2.66 bits per heavy atom. The number of rotatable bonds is 10. The van der Waals surface area contributed by atoms with E-state index in [2.05, 4.69) is 15.5 Å². The molecule has 11 heteroatoms. The number of nitrogens with one attached hydrogen (secondary N) is 1. The van der Waals surface area contributed by atoms with Crippen LogP contribution in [0.4, 0.5) is 11.4 Å². The number of carbonyl (C=O) groups excluding carboxylic acids is 1. The molecule has 10 nitrogen and oxygen atoms in total. The molecule has 1 N–H and O–H groups in total. The maximum Gasteiger partial charge on any atom is 0.271 e. The van der Waals surface area contributed by atoms with Gasteiger partial charge in [-0.25, -0.2) is 0 Å². The van der Waals surface area contributed by atoms with Crippen LogP contribution < -0.4 is 14.8 Å². The Labute approximate surface area is 189 Å². The monoisotopic (exact) mass is 457 g/mol. The van der Waals surface area contributed by atoms with Gasteiger partial charge in [-0.3, -0.25) is 14.9 Å². The molecule has 1 aromatic heterocycles. The number of amides is 1. The average Bonchev–Trinajstić information content (AvgIpc) is 3.21. The molecule has 0 aliphatic heterocycles. The minimum atomic E-state index is -0.510. The topological polar surface area (TPSA) is 121 Å². The van der Waals surface area contributed by atoms with Crippen LogP contribution in [0.3, 0.4) is 0 Å². The summed E-state index contributed by atoms with van der Waals surface area (Å²) in [5.41, 5.74) is 0.274. The molecule has 1 unspecified atom stereocenters. The molecule has 1 heterocycles. The van der Waals surface area contributed by atoms with E-state index in [1.54, 1.807) is 13.2 Å². The van der Waals surface area contributed by atoms with Crippen molar-refractivity contribution in [3.63, 3.8) is 0 Å². The van der Waals surface area contributed by atoms with E-state index in [9.17, 15) is 14.9 Å². The van der Waals surface area contributed by atoms with E-state index in [0.29, 0.717) is 34.7 Å². The maximum atomic E-state index is 12.3. The number of benzene rings is 2. The van der Waals surface area contributed by atoms with E-state index in [4.69, 9.17) is 9.47 Å². The molecule has 0 radical (unpaired) electrons. The smallest absolute Gasteiger partial charge is 0.271 e. The first kappa shape index (κ1) is 23.1. The van der Waals surface area contributed by atoms with Gasteiger partial charge in [0.1, 0.15) is 0 Å². The zero-order valence-electron chi connectivity index (χ0n) is 17.8. The van der Waals surface area contributed by atoms with E-state index in [1.165, 1.54) is 30.0 Å². The molecular formula is C21H23N5O5S. The molecular weight excluding hydrogens is 434 g/mol. The Morgan fingerprint density at radius 1 is 1.22 bits per heavy atom. The lowest BCUT2D eigenvalue weighted by Crippen LogP contribution is -2.15. The fourth-order valence-electron chi connectivity index (χ4n) is 2.99. The lowest BCUT2D eigenvalue weighted by Gasteiger charge is -2.17. The number of anilines is 1. The van der Waals surface area contributed by atoms with E-state index >= 15 is 0 Å². The van der Waals surface area contributed by atoms with Crippen LogP contribution in [-0.4, -0.2) is 38.5 Å². The van der Waals surface area contributed by atoms with Crippen LogP contribution in [-0.2, 0) is 11.3 Å². The molecule has 0 saturated carbocycles. The molecule has 32 heavy (non-hydrogen) atoms. The fraction of sp³-hybridized carbons (Fsp3) is 0.286. The number of methoxy groups -OCH3 is 1. The first-order valence-corrected chi connectivity index (χ1v) is 10.8. The number of nitro groups is 1. The van der Waals surface area contributed by atoms with Gasteiger partial charge in [0.05, 0.1) is 17.8 Å². The number of hydrogen-bond acceptors (Lipinski definition) is 8. The highest BCUT2D eigenvalue weighted by Gasteiger charge is 2.20. The van der Waals surface area contributed by atoms with Crippen molar-refractivity contribution in [3.8, 4) is 11.5 Å². The molecule has 0 aliphatic carbocycles. The highest BCUT2D eigenvalue weighted by Crippen LogP contribution is 2.31. The molecule has 1 atom stereocenters. The lowest BCUT2D eigenvalue weighted by atomic mass is 10.3. The van der Waals surface area contributed by atoms with Gasteiger partial charge in [0.2, 0.25) is 5.91 Å². The summed E-state index contributed by atoms with van der Waals surface area (Å²) in [6.45, 7) is 4.42. The van der Waals surface area contributed by atoms with E-state index in [-0.39, 0.29) is 17.3 Å². The number of non-ortho nitro benzene ring substituents is 1. The standard InChI is InChI=1S/C21H23N5O5S/c1-4-25-20(14(2)31-18-11-6-5-10-17(18)30-3)23-24-21(25)32-13-19(27)22-15-8-7-9-16(12-15)26(28)29/h5-12,14H,4,13H2,1-3H3,(H,22,27). The molecule has 3 aromatic rings. The minimum Gasteiger partial charge on any atom is -0.493 e. The molecule has 3 rings (SSSR count). The summed E-state index contributed by atoms with van der Waals surface area (Å²) < 4.78 is 13.2. The van der Waals surface area contributed by atoms with E-state index < -0.39 is 11.0 Å². The average molecular weight is 458 g/mol. The minimum absolute atomic E-state index is 0.0720. The van der Waals surface area contributed by atoms with Crippen LogP contribution in [0.15, 0.2) is 53.7 Å². The van der Waals surface area contributed by atoms with Crippen molar-refractivity contribution in [2.45, 2.75) is 31.7 Å². The number of aromatic nitrogens is 3. The van der Waals surface area contributed by atoms with Gasteiger partial charge in [-0.2, -0.15) is 0 Å². The van der Waals surface area contributed by atoms with Gasteiger partial charge in [0.15, 0.2) is 28.6 Å². The number of nitrogens with zero attached hydrogens (tertiary/aromatic N) is 4. The summed E-state index contributed by atoms with van der Waals surface area (Å²) >= 11 is 1.22. The van der Waals surface area contributed by atoms with Gasteiger partial charge in [0.25, 0.3) is 5.69 Å². The maximum absolute atomic E-state index is 12.3. The number of hydrogen-bond donors (Lipinski definition) is 1. The highest BCUT2D eigenvalue weighted by atomic mass is 32.2. The van der Waals surface area contributed by atoms with Crippen LogP contribution in [0.2, 0.25) is 0 Å². The summed E-state index contributed by atoms with van der Waals surface area (Å²) in [6, 6.07) is 13.1.